The van der Waals surface area contributed by atoms with Gasteiger partial charge in [-0.05, 0) is 38.0 Å². The van der Waals surface area contributed by atoms with Crippen LogP contribution in [0, 0.1) is 13.8 Å². The van der Waals surface area contributed by atoms with Gasteiger partial charge in [-0.15, -0.1) is 0 Å². The van der Waals surface area contributed by atoms with E-state index in [1.54, 1.807) is 23.8 Å². The van der Waals surface area contributed by atoms with E-state index in [9.17, 15) is 13.2 Å². The fraction of sp³-hybridized carbons (Fsp3) is 0.333. The molecule has 1 aromatic heterocycles. The van der Waals surface area contributed by atoms with Crippen molar-refractivity contribution in [3.8, 4) is 5.69 Å². The van der Waals surface area contributed by atoms with E-state index in [0.717, 1.165) is 11.9 Å². The largest absolute Gasteiger partial charge is 0.302 e. The van der Waals surface area contributed by atoms with Crippen LogP contribution in [0.2, 0.25) is 0 Å². The Labute approximate surface area is 140 Å². The van der Waals surface area contributed by atoms with Gasteiger partial charge in [0.2, 0.25) is 0 Å². The molecule has 1 aromatic carbocycles. The summed E-state index contributed by atoms with van der Waals surface area (Å²) in [6.07, 6.45) is 3.35. The number of imidazole rings is 1. The van der Waals surface area contributed by atoms with E-state index in [1.807, 2.05) is 13.8 Å². The van der Waals surface area contributed by atoms with Crippen LogP contribution in [0.5, 0.6) is 0 Å². The average Bonchev–Trinajstić information content (AvgIpc) is 2.82. The van der Waals surface area contributed by atoms with Crippen molar-refractivity contribution in [2.75, 3.05) is 6.26 Å². The van der Waals surface area contributed by atoms with E-state index in [2.05, 4.69) is 4.98 Å². The van der Waals surface area contributed by atoms with E-state index in [4.69, 9.17) is 11.7 Å². The second kappa shape index (κ2) is 6.34. The SMILES string of the molecule is CCc1cc(-n2cc(C)nc2C)c(S(C)(=O)=O)cc1C(=O)N(N)N. The number of aryl methyl sites for hydroxylation is 3. The van der Waals surface area contributed by atoms with Crippen LogP contribution in [0.25, 0.3) is 5.69 Å². The molecule has 0 unspecified atom stereocenters. The molecule has 0 fully saturated rings. The Morgan fingerprint density at radius 2 is 1.92 bits per heavy atom. The molecule has 9 heteroatoms. The molecule has 0 aliphatic heterocycles. The van der Waals surface area contributed by atoms with Gasteiger partial charge in [0.25, 0.3) is 5.91 Å². The molecule has 2 aromatic rings. The van der Waals surface area contributed by atoms with Gasteiger partial charge in [0.05, 0.1) is 16.3 Å². The molecule has 0 bridgehead atoms. The molecule has 0 aliphatic rings. The molecule has 8 nitrogen and oxygen atoms in total. The highest BCUT2D eigenvalue weighted by molar-refractivity contribution is 7.90. The second-order valence-corrected chi connectivity index (χ2v) is 7.60. The Bertz CT molecular complexity index is 900. The Balaban J connectivity index is 2.85. The zero-order valence-corrected chi connectivity index (χ0v) is 14.9. The summed E-state index contributed by atoms with van der Waals surface area (Å²) >= 11 is 0. The fourth-order valence-electron chi connectivity index (χ4n) is 2.59. The first kappa shape index (κ1) is 18.1. The van der Waals surface area contributed by atoms with Crippen molar-refractivity contribution in [1.82, 2.24) is 14.7 Å². The van der Waals surface area contributed by atoms with Crippen molar-refractivity contribution in [1.29, 1.82) is 0 Å². The number of nitrogens with two attached hydrogens (primary N) is 2. The minimum absolute atomic E-state index is 0.0189. The maximum atomic E-state index is 12.3. The summed E-state index contributed by atoms with van der Waals surface area (Å²) in [5, 5.41) is 0.451. The lowest BCUT2D eigenvalue weighted by molar-refractivity contribution is 0.0754. The molecule has 0 saturated carbocycles. The third-order valence-electron chi connectivity index (χ3n) is 3.69. The smallest absolute Gasteiger partial charge is 0.282 e. The van der Waals surface area contributed by atoms with Gasteiger partial charge in [0.1, 0.15) is 5.82 Å². The third-order valence-corrected chi connectivity index (χ3v) is 4.82. The van der Waals surface area contributed by atoms with Crippen molar-refractivity contribution in [3.05, 3.63) is 41.0 Å². The first-order valence-electron chi connectivity index (χ1n) is 7.30. The number of carbonyl (C=O) groups excluding carboxylic acids is 1. The van der Waals surface area contributed by atoms with Gasteiger partial charge < -0.3 is 4.57 Å². The highest BCUT2D eigenvalue weighted by Crippen LogP contribution is 2.27. The van der Waals surface area contributed by atoms with Crippen molar-refractivity contribution < 1.29 is 13.2 Å². The van der Waals surface area contributed by atoms with Gasteiger partial charge in [-0.3, -0.25) is 4.79 Å². The van der Waals surface area contributed by atoms with Gasteiger partial charge in [-0.2, -0.15) is 0 Å². The van der Waals surface area contributed by atoms with E-state index in [-0.39, 0.29) is 10.5 Å². The second-order valence-electron chi connectivity index (χ2n) is 5.61. The van der Waals surface area contributed by atoms with Crippen LogP contribution in [0.4, 0.5) is 0 Å². The van der Waals surface area contributed by atoms with E-state index in [1.165, 1.54) is 6.07 Å². The first-order chi connectivity index (χ1) is 11.1. The topological polar surface area (TPSA) is 124 Å². The number of hydrazine groups is 2. The molecule has 1 heterocycles. The highest BCUT2D eigenvalue weighted by Gasteiger charge is 2.23. The molecule has 0 atom stereocenters. The zero-order valence-electron chi connectivity index (χ0n) is 14.1. The lowest BCUT2D eigenvalue weighted by Gasteiger charge is -2.17. The molecule has 0 radical (unpaired) electrons. The third kappa shape index (κ3) is 3.32. The fourth-order valence-corrected chi connectivity index (χ4v) is 3.46. The number of hydrogen-bond donors (Lipinski definition) is 2. The normalized spacial score (nSPS) is 11.6. The van der Waals surface area contributed by atoms with Crippen LogP contribution in [0.15, 0.2) is 23.2 Å². The lowest BCUT2D eigenvalue weighted by atomic mass is 10.0. The predicted octanol–water partition coefficient (Wildman–Crippen LogP) is 0.645. The minimum Gasteiger partial charge on any atom is -0.302 e. The van der Waals surface area contributed by atoms with Crippen molar-refractivity contribution in [2.24, 2.45) is 11.7 Å². The van der Waals surface area contributed by atoms with Gasteiger partial charge in [0.15, 0.2) is 9.84 Å². The Morgan fingerprint density at radius 1 is 1.29 bits per heavy atom. The molecule has 2 rings (SSSR count). The molecule has 0 saturated heterocycles. The predicted molar refractivity (Wildman–Crippen MR) is 90.1 cm³/mol. The van der Waals surface area contributed by atoms with E-state index in [0.29, 0.717) is 28.6 Å². The minimum atomic E-state index is -3.60. The quantitative estimate of drug-likeness (QED) is 0.473. The van der Waals surface area contributed by atoms with E-state index < -0.39 is 15.7 Å². The van der Waals surface area contributed by atoms with Crippen LogP contribution >= 0.6 is 0 Å². The molecule has 130 valence electrons. The Hall–Kier alpha value is -2.23. The van der Waals surface area contributed by atoms with E-state index >= 15 is 0 Å². The Morgan fingerprint density at radius 3 is 2.33 bits per heavy atom. The van der Waals surface area contributed by atoms with Crippen molar-refractivity contribution >= 4 is 15.7 Å². The van der Waals surface area contributed by atoms with Crippen molar-refractivity contribution in [3.63, 3.8) is 0 Å². The molecule has 24 heavy (non-hydrogen) atoms. The lowest BCUT2D eigenvalue weighted by Crippen LogP contribution is -2.43. The maximum Gasteiger partial charge on any atom is 0.282 e. The number of carbonyl (C=O) groups is 1. The average molecular weight is 351 g/mol. The van der Waals surface area contributed by atoms with Crippen LogP contribution in [-0.4, -0.2) is 35.2 Å². The number of nitrogens with zero attached hydrogens (tertiary/aromatic N) is 3. The number of benzene rings is 1. The highest BCUT2D eigenvalue weighted by atomic mass is 32.2. The molecular weight excluding hydrogens is 330 g/mol. The van der Waals surface area contributed by atoms with Gasteiger partial charge in [-0.25, -0.2) is 30.2 Å². The molecule has 0 spiro atoms. The summed E-state index contributed by atoms with van der Waals surface area (Å²) in [6.45, 7) is 5.47. The number of hydrogen-bond acceptors (Lipinski definition) is 6. The van der Waals surface area contributed by atoms with Crippen LogP contribution < -0.4 is 11.7 Å². The number of rotatable bonds is 4. The summed E-state index contributed by atoms with van der Waals surface area (Å²) < 4.78 is 26.2. The van der Waals surface area contributed by atoms with Crippen LogP contribution in [0.1, 0.15) is 34.4 Å². The number of aromatic nitrogens is 2. The standard InChI is InChI=1S/C15H21N5O3S/c1-5-11-6-13(19-8-9(2)18-10(19)3)14(24(4,22)23)7-12(11)15(21)20(16)17/h6-8H,5,16-17H2,1-4H3. The summed E-state index contributed by atoms with van der Waals surface area (Å²) in [6, 6.07) is 2.99. The molecule has 1 amide bonds. The summed E-state index contributed by atoms with van der Waals surface area (Å²) in [7, 11) is -3.60. The summed E-state index contributed by atoms with van der Waals surface area (Å²) in [5.74, 6) is 10.6. The van der Waals surface area contributed by atoms with Crippen LogP contribution in [0.3, 0.4) is 0 Å². The molecule has 0 aliphatic carbocycles. The Kier molecular flexibility index (Phi) is 4.79. The number of sulfone groups is 1. The molecule has 4 N–H and O–H groups in total. The van der Waals surface area contributed by atoms with Crippen LogP contribution in [-0.2, 0) is 16.3 Å². The summed E-state index contributed by atoms with van der Waals surface area (Å²) in [5.41, 5.74) is 2.03. The van der Waals surface area contributed by atoms with Gasteiger partial charge in [-0.1, -0.05) is 6.92 Å². The zero-order chi connectivity index (χ0) is 18.2. The first-order valence-corrected chi connectivity index (χ1v) is 9.19. The van der Waals surface area contributed by atoms with Gasteiger partial charge >= 0.3 is 0 Å². The summed E-state index contributed by atoms with van der Waals surface area (Å²) in [4.78, 5) is 16.5. The monoisotopic (exact) mass is 351 g/mol. The molecular formula is C15H21N5O3S. The van der Waals surface area contributed by atoms with Gasteiger partial charge in [0, 0.05) is 18.0 Å². The van der Waals surface area contributed by atoms with Crippen molar-refractivity contribution in [2.45, 2.75) is 32.1 Å². The number of amides is 1. The maximum absolute atomic E-state index is 12.3.